The lowest BCUT2D eigenvalue weighted by atomic mass is 9.99. The second-order valence-corrected chi connectivity index (χ2v) is 5.49. The highest BCUT2D eigenvalue weighted by Crippen LogP contribution is 2.31. The fourth-order valence-corrected chi connectivity index (χ4v) is 3.03. The topological polar surface area (TPSA) is 17.1 Å². The molecule has 0 unspecified atom stereocenters. The largest absolute Gasteiger partial charge is 0.298 e. The molecule has 1 aliphatic rings. The molecule has 0 aromatic heterocycles. The van der Waals surface area contributed by atoms with E-state index >= 15 is 0 Å². The van der Waals surface area contributed by atoms with Crippen molar-refractivity contribution in [2.75, 3.05) is 0 Å². The summed E-state index contributed by atoms with van der Waals surface area (Å²) >= 11 is 7.48. The summed E-state index contributed by atoms with van der Waals surface area (Å²) < 4.78 is 0. The lowest BCUT2D eigenvalue weighted by Crippen LogP contribution is -2.21. The van der Waals surface area contributed by atoms with Crippen LogP contribution in [0.1, 0.15) is 25.7 Å². The molecular formula is C12H13ClOS. The van der Waals surface area contributed by atoms with Gasteiger partial charge in [-0.15, -0.1) is 11.8 Å². The number of ketones is 1. The average Bonchev–Trinajstić information content (AvgIpc) is 2.25. The number of thioether (sulfide) groups is 1. The van der Waals surface area contributed by atoms with Crippen LogP contribution in [0.2, 0.25) is 5.02 Å². The Bertz CT molecular complexity index is 347. The Morgan fingerprint density at radius 2 is 1.93 bits per heavy atom. The van der Waals surface area contributed by atoms with Crippen molar-refractivity contribution in [3.63, 3.8) is 0 Å². The molecule has 1 saturated carbocycles. The minimum atomic E-state index is 0.167. The number of hydrogen-bond acceptors (Lipinski definition) is 2. The van der Waals surface area contributed by atoms with Crippen LogP contribution in [0.15, 0.2) is 29.2 Å². The second-order valence-electron chi connectivity index (χ2n) is 3.77. The third kappa shape index (κ3) is 2.99. The average molecular weight is 241 g/mol. The molecule has 1 fully saturated rings. The van der Waals surface area contributed by atoms with Gasteiger partial charge in [-0.1, -0.05) is 18.0 Å². The monoisotopic (exact) mass is 240 g/mol. The maximum absolute atomic E-state index is 11.6. The summed E-state index contributed by atoms with van der Waals surface area (Å²) in [6.07, 6.45) is 4.02. The Morgan fingerprint density at radius 1 is 1.20 bits per heavy atom. The van der Waals surface area contributed by atoms with Gasteiger partial charge in [0.2, 0.25) is 0 Å². The Hall–Kier alpha value is -0.470. The van der Waals surface area contributed by atoms with Crippen molar-refractivity contribution in [3.05, 3.63) is 29.3 Å². The Morgan fingerprint density at radius 3 is 2.60 bits per heavy atom. The van der Waals surface area contributed by atoms with Crippen LogP contribution in [0.5, 0.6) is 0 Å². The molecule has 0 saturated heterocycles. The number of hydrogen-bond donors (Lipinski definition) is 0. The third-order valence-corrected chi connectivity index (χ3v) is 4.17. The highest BCUT2D eigenvalue weighted by atomic mass is 35.5. The zero-order valence-electron chi connectivity index (χ0n) is 8.41. The van der Waals surface area contributed by atoms with Crippen LogP contribution in [0.3, 0.4) is 0 Å². The van der Waals surface area contributed by atoms with Crippen molar-refractivity contribution in [1.29, 1.82) is 0 Å². The lowest BCUT2D eigenvalue weighted by Gasteiger charge is -2.19. The first-order chi connectivity index (χ1) is 7.25. The predicted octanol–water partition coefficient (Wildman–Crippen LogP) is 3.94. The molecule has 0 bridgehead atoms. The fourth-order valence-electron chi connectivity index (χ4n) is 1.75. The van der Waals surface area contributed by atoms with Crippen LogP contribution in [0.4, 0.5) is 0 Å². The molecule has 1 nitrogen and oxygen atoms in total. The SMILES string of the molecule is O=C1CCCC[C@@H]1Sc1ccc(Cl)cc1. The molecule has 1 aliphatic carbocycles. The van der Waals surface area contributed by atoms with E-state index in [0.717, 1.165) is 29.2 Å². The van der Waals surface area contributed by atoms with Gasteiger partial charge in [0.15, 0.2) is 0 Å². The number of halogens is 1. The number of carbonyl (C=O) groups excluding carboxylic acids is 1. The van der Waals surface area contributed by atoms with Gasteiger partial charge >= 0.3 is 0 Å². The molecule has 0 spiro atoms. The first kappa shape index (κ1) is 11.0. The van der Waals surface area contributed by atoms with Gasteiger partial charge in [0.25, 0.3) is 0 Å². The molecule has 3 heteroatoms. The van der Waals surface area contributed by atoms with Crippen LogP contribution >= 0.6 is 23.4 Å². The molecule has 1 aromatic rings. The smallest absolute Gasteiger partial charge is 0.146 e. The van der Waals surface area contributed by atoms with Crippen molar-refractivity contribution < 1.29 is 4.79 Å². The molecule has 1 atom stereocenters. The van der Waals surface area contributed by atoms with E-state index in [9.17, 15) is 4.79 Å². The van der Waals surface area contributed by atoms with E-state index in [2.05, 4.69) is 0 Å². The molecule has 0 N–H and O–H groups in total. The molecule has 80 valence electrons. The van der Waals surface area contributed by atoms with Crippen LogP contribution in [-0.4, -0.2) is 11.0 Å². The molecule has 2 rings (SSSR count). The molecule has 0 radical (unpaired) electrons. The maximum atomic E-state index is 11.6. The molecule has 15 heavy (non-hydrogen) atoms. The van der Waals surface area contributed by atoms with Crippen molar-refractivity contribution >= 4 is 29.1 Å². The summed E-state index contributed by atoms with van der Waals surface area (Å²) in [6, 6.07) is 7.71. The van der Waals surface area contributed by atoms with E-state index in [1.54, 1.807) is 11.8 Å². The van der Waals surface area contributed by atoms with Gasteiger partial charge in [-0.25, -0.2) is 0 Å². The van der Waals surface area contributed by atoms with Crippen molar-refractivity contribution in [1.82, 2.24) is 0 Å². The number of rotatable bonds is 2. The molecule has 1 aromatic carbocycles. The zero-order valence-corrected chi connectivity index (χ0v) is 9.98. The molecule has 0 amide bonds. The van der Waals surface area contributed by atoms with E-state index in [4.69, 9.17) is 11.6 Å². The third-order valence-electron chi connectivity index (χ3n) is 2.59. The first-order valence-corrected chi connectivity index (χ1v) is 6.46. The van der Waals surface area contributed by atoms with E-state index in [1.165, 1.54) is 6.42 Å². The Balaban J connectivity index is 2.01. The second kappa shape index (κ2) is 5.04. The summed E-state index contributed by atoms with van der Waals surface area (Å²) in [5.41, 5.74) is 0. The van der Waals surface area contributed by atoms with Gasteiger partial charge in [0.1, 0.15) is 5.78 Å². The van der Waals surface area contributed by atoms with Gasteiger partial charge in [-0.2, -0.15) is 0 Å². The van der Waals surface area contributed by atoms with E-state index < -0.39 is 0 Å². The van der Waals surface area contributed by atoms with Gasteiger partial charge < -0.3 is 0 Å². The van der Waals surface area contributed by atoms with Crippen molar-refractivity contribution in [2.24, 2.45) is 0 Å². The Kier molecular flexibility index (Phi) is 3.71. The highest BCUT2D eigenvalue weighted by Gasteiger charge is 2.22. The minimum absolute atomic E-state index is 0.167. The summed E-state index contributed by atoms with van der Waals surface area (Å²) in [5.74, 6) is 0.404. The maximum Gasteiger partial charge on any atom is 0.146 e. The lowest BCUT2D eigenvalue weighted by molar-refractivity contribution is -0.119. The van der Waals surface area contributed by atoms with E-state index in [-0.39, 0.29) is 5.25 Å². The van der Waals surface area contributed by atoms with Gasteiger partial charge in [0.05, 0.1) is 5.25 Å². The van der Waals surface area contributed by atoms with Crippen LogP contribution < -0.4 is 0 Å². The molecule has 0 aliphatic heterocycles. The van der Waals surface area contributed by atoms with Crippen LogP contribution in [0, 0.1) is 0 Å². The fraction of sp³-hybridized carbons (Fsp3) is 0.417. The van der Waals surface area contributed by atoms with E-state index in [0.29, 0.717) is 5.78 Å². The van der Waals surface area contributed by atoms with Gasteiger partial charge in [-0.3, -0.25) is 4.79 Å². The Labute approximate surface area is 99.2 Å². The number of carbonyl (C=O) groups is 1. The quantitative estimate of drug-likeness (QED) is 0.779. The van der Waals surface area contributed by atoms with Crippen molar-refractivity contribution in [3.8, 4) is 0 Å². The first-order valence-electron chi connectivity index (χ1n) is 5.20. The molecular weight excluding hydrogens is 228 g/mol. The predicted molar refractivity (Wildman–Crippen MR) is 64.6 cm³/mol. The highest BCUT2D eigenvalue weighted by molar-refractivity contribution is 8.00. The van der Waals surface area contributed by atoms with Crippen LogP contribution in [0.25, 0.3) is 0 Å². The minimum Gasteiger partial charge on any atom is -0.298 e. The van der Waals surface area contributed by atoms with Gasteiger partial charge in [0, 0.05) is 16.3 Å². The zero-order chi connectivity index (χ0) is 10.7. The summed E-state index contributed by atoms with van der Waals surface area (Å²) in [5, 5.41) is 0.911. The van der Waals surface area contributed by atoms with Crippen molar-refractivity contribution in [2.45, 2.75) is 35.8 Å². The summed E-state index contributed by atoms with van der Waals surface area (Å²) in [6.45, 7) is 0. The van der Waals surface area contributed by atoms with Gasteiger partial charge in [-0.05, 0) is 37.1 Å². The summed E-state index contributed by atoms with van der Waals surface area (Å²) in [4.78, 5) is 12.8. The number of benzene rings is 1. The standard InChI is InChI=1S/C12H13ClOS/c13-9-5-7-10(8-6-9)15-12-4-2-1-3-11(12)14/h5-8,12H,1-4H2/t12-/m0/s1. The summed E-state index contributed by atoms with van der Waals surface area (Å²) in [7, 11) is 0. The number of Topliss-reactive ketones (excluding diaryl/α,β-unsaturated/α-hetero) is 1. The normalized spacial score (nSPS) is 21.7. The van der Waals surface area contributed by atoms with Crippen LogP contribution in [-0.2, 0) is 4.79 Å². The molecule has 0 heterocycles. The van der Waals surface area contributed by atoms with E-state index in [1.807, 2.05) is 24.3 Å².